The molecule has 0 amide bonds. The molecule has 6 nitrogen and oxygen atoms in total. The molecule has 0 saturated carbocycles. The number of rotatable bonds is 2. The summed E-state index contributed by atoms with van der Waals surface area (Å²) in [6.07, 6.45) is 4.38. The topological polar surface area (TPSA) is 43.4 Å². The molecule has 5 aromatic carbocycles. The average Bonchev–Trinajstić information content (AvgIpc) is 3.63. The summed E-state index contributed by atoms with van der Waals surface area (Å²) in [5, 5.41) is 0. The van der Waals surface area contributed by atoms with Gasteiger partial charge in [-0.05, 0) is 135 Å². The van der Waals surface area contributed by atoms with Gasteiger partial charge in [0.25, 0.3) is 6.71 Å². The van der Waals surface area contributed by atoms with Gasteiger partial charge in [-0.1, -0.05) is 60.6 Å². The van der Waals surface area contributed by atoms with E-state index in [2.05, 4.69) is 131 Å². The third-order valence-corrected chi connectivity index (χ3v) is 12.8. The van der Waals surface area contributed by atoms with Crippen LogP contribution in [0, 0.1) is 10.8 Å². The van der Waals surface area contributed by atoms with Gasteiger partial charge in [-0.3, -0.25) is 0 Å². The highest BCUT2D eigenvalue weighted by Crippen LogP contribution is 2.51. The lowest BCUT2D eigenvalue weighted by atomic mass is 9.33. The fraction of sp³-hybridized carbons (Fsp3) is 0.375. The number of benzene rings is 5. The summed E-state index contributed by atoms with van der Waals surface area (Å²) < 4.78 is 24.9. The van der Waals surface area contributed by atoms with Crippen molar-refractivity contribution in [1.29, 1.82) is 0 Å². The van der Waals surface area contributed by atoms with Gasteiger partial charge in [-0.25, -0.2) is 0 Å². The second-order valence-corrected chi connectivity index (χ2v) is 19.3. The normalized spacial score (nSPS) is 19.0. The molecule has 0 aromatic heterocycles. The Morgan fingerprint density at radius 2 is 0.982 bits per heavy atom. The van der Waals surface area contributed by atoms with E-state index in [1.165, 1.54) is 67.0 Å². The summed E-state index contributed by atoms with van der Waals surface area (Å²) in [7, 11) is 0. The summed E-state index contributed by atoms with van der Waals surface area (Å²) in [4.78, 5) is 5.06. The molecule has 5 aromatic rings. The van der Waals surface area contributed by atoms with Crippen molar-refractivity contribution in [3.8, 4) is 23.0 Å². The van der Waals surface area contributed by atoms with Gasteiger partial charge in [-0.15, -0.1) is 0 Å². The van der Waals surface area contributed by atoms with Gasteiger partial charge >= 0.3 is 0 Å². The van der Waals surface area contributed by atoms with Crippen molar-refractivity contribution in [3.63, 3.8) is 0 Å². The Labute approximate surface area is 325 Å². The fourth-order valence-electron chi connectivity index (χ4n) is 10.4. The maximum Gasteiger partial charge on any atom is 0.252 e. The van der Waals surface area contributed by atoms with Crippen molar-refractivity contribution in [1.82, 2.24) is 0 Å². The zero-order valence-electron chi connectivity index (χ0n) is 33.2. The molecule has 0 bridgehead atoms. The Hall–Kier alpha value is -5.04. The largest absolute Gasteiger partial charge is 0.486 e. The van der Waals surface area contributed by atoms with Crippen LogP contribution in [0.2, 0.25) is 0 Å². The van der Waals surface area contributed by atoms with Crippen molar-refractivity contribution < 1.29 is 18.9 Å². The van der Waals surface area contributed by atoms with Crippen molar-refractivity contribution >= 4 is 57.2 Å². The van der Waals surface area contributed by atoms with E-state index in [1.807, 2.05) is 0 Å². The van der Waals surface area contributed by atoms with Crippen LogP contribution < -0.4 is 45.1 Å². The molecule has 4 aliphatic heterocycles. The van der Waals surface area contributed by atoms with Gasteiger partial charge in [0.2, 0.25) is 0 Å². The monoisotopic (exact) mass is 728 g/mol. The van der Waals surface area contributed by atoms with Gasteiger partial charge in [-0.2, -0.15) is 0 Å². The van der Waals surface area contributed by atoms with Crippen molar-refractivity contribution in [2.24, 2.45) is 10.8 Å². The molecule has 0 spiro atoms. The zero-order valence-corrected chi connectivity index (χ0v) is 33.2. The molecule has 4 heterocycles. The van der Waals surface area contributed by atoms with E-state index in [4.69, 9.17) is 18.9 Å². The number of nitrogens with zero attached hydrogens (tertiary/aromatic N) is 2. The number of fused-ring (bicyclic) bond motifs is 8. The molecule has 2 aliphatic carbocycles. The van der Waals surface area contributed by atoms with E-state index in [0.717, 1.165) is 60.1 Å². The number of hydrogen-bond acceptors (Lipinski definition) is 6. The molecular formula is C48H49BN2O4. The maximum atomic E-state index is 6.35. The van der Waals surface area contributed by atoms with Crippen LogP contribution in [0.25, 0.3) is 0 Å². The maximum absolute atomic E-state index is 6.35. The smallest absolute Gasteiger partial charge is 0.252 e. The molecule has 0 fully saturated rings. The molecule has 278 valence electrons. The van der Waals surface area contributed by atoms with Crippen molar-refractivity contribution in [3.05, 3.63) is 101 Å². The first-order valence-electron chi connectivity index (χ1n) is 20.2. The van der Waals surface area contributed by atoms with E-state index >= 15 is 0 Å². The number of ether oxygens (including phenoxy) is 4. The lowest BCUT2D eigenvalue weighted by molar-refractivity contribution is 0.171. The first-order chi connectivity index (χ1) is 26.3. The summed E-state index contributed by atoms with van der Waals surface area (Å²) in [6.45, 7) is 18.8. The van der Waals surface area contributed by atoms with Crippen LogP contribution in [-0.4, -0.2) is 33.1 Å². The minimum Gasteiger partial charge on any atom is -0.486 e. The first kappa shape index (κ1) is 33.3. The molecule has 0 saturated heterocycles. The number of hydrogen-bond donors (Lipinski definition) is 0. The fourth-order valence-corrected chi connectivity index (χ4v) is 10.4. The second kappa shape index (κ2) is 11.3. The third-order valence-electron chi connectivity index (χ3n) is 12.8. The van der Waals surface area contributed by atoms with Crippen LogP contribution in [0.1, 0.15) is 76.3 Å². The predicted molar refractivity (Wildman–Crippen MR) is 224 cm³/mol. The lowest BCUT2D eigenvalue weighted by Gasteiger charge is -2.45. The highest BCUT2D eigenvalue weighted by Gasteiger charge is 2.46. The quantitative estimate of drug-likeness (QED) is 0.166. The Morgan fingerprint density at radius 1 is 0.491 bits per heavy atom. The third kappa shape index (κ3) is 5.14. The van der Waals surface area contributed by atoms with E-state index in [-0.39, 0.29) is 23.0 Å². The van der Waals surface area contributed by atoms with Crippen LogP contribution in [0.4, 0.5) is 34.1 Å². The van der Waals surface area contributed by atoms with Crippen LogP contribution >= 0.6 is 0 Å². The molecule has 0 N–H and O–H groups in total. The van der Waals surface area contributed by atoms with Crippen LogP contribution in [0.5, 0.6) is 23.0 Å². The van der Waals surface area contributed by atoms with Gasteiger partial charge in [0, 0.05) is 40.6 Å². The van der Waals surface area contributed by atoms with Gasteiger partial charge < -0.3 is 28.7 Å². The Morgan fingerprint density at radius 3 is 1.64 bits per heavy atom. The molecule has 11 rings (SSSR count). The van der Waals surface area contributed by atoms with Gasteiger partial charge in [0.05, 0.1) is 5.69 Å². The molecule has 6 aliphatic rings. The summed E-state index contributed by atoms with van der Waals surface area (Å²) >= 11 is 0. The van der Waals surface area contributed by atoms with Crippen molar-refractivity contribution in [2.45, 2.75) is 79.6 Å². The highest BCUT2D eigenvalue weighted by molar-refractivity contribution is 7.00. The lowest BCUT2D eigenvalue weighted by Crippen LogP contribution is -2.61. The zero-order chi connectivity index (χ0) is 37.6. The summed E-state index contributed by atoms with van der Waals surface area (Å²) in [6, 6.07) is 28.2. The SMILES string of the molecule is CC1(C)Cc2ccc(N3c4cc5c(cc4B4c6cc7c(cc6N(c6ccc8c(c6)OCCO8)c6cc(C(C)(C)C)cc3c64)OCCO7)CC(C)(C)C5)cc2C1. The van der Waals surface area contributed by atoms with E-state index < -0.39 is 0 Å². The Bertz CT molecular complexity index is 2480. The van der Waals surface area contributed by atoms with Crippen LogP contribution in [0.3, 0.4) is 0 Å². The summed E-state index contributed by atoms with van der Waals surface area (Å²) in [5.41, 5.74) is 18.6. The van der Waals surface area contributed by atoms with Gasteiger partial charge in [0.15, 0.2) is 23.0 Å². The molecule has 0 radical (unpaired) electrons. The summed E-state index contributed by atoms with van der Waals surface area (Å²) in [5.74, 6) is 3.17. The van der Waals surface area contributed by atoms with Crippen molar-refractivity contribution in [2.75, 3.05) is 36.2 Å². The molecule has 55 heavy (non-hydrogen) atoms. The number of anilines is 6. The molecule has 0 atom stereocenters. The average molecular weight is 729 g/mol. The molecule has 7 heteroatoms. The van der Waals surface area contributed by atoms with E-state index in [0.29, 0.717) is 26.4 Å². The minimum absolute atomic E-state index is 0.00747. The minimum atomic E-state index is -0.109. The van der Waals surface area contributed by atoms with Gasteiger partial charge in [0.1, 0.15) is 26.4 Å². The highest BCUT2D eigenvalue weighted by atomic mass is 16.6. The Balaban J connectivity index is 1.23. The Kier molecular flexibility index (Phi) is 6.83. The first-order valence-corrected chi connectivity index (χ1v) is 20.2. The van der Waals surface area contributed by atoms with Crippen LogP contribution in [-0.2, 0) is 31.1 Å². The second-order valence-electron chi connectivity index (χ2n) is 19.3. The van der Waals surface area contributed by atoms with E-state index in [1.54, 1.807) is 0 Å². The standard InChI is InChI=1S/C48H49BN2O4/c1-46(2,3)32-19-39-45-40(20-32)51(34-10-11-41-42(21-34)53-13-12-52-41)38-23-44-43(54-14-15-55-44)22-36(38)49(45)35-17-30-26-48(6,7)27-31(30)18-37(35)50(39)33-9-8-28-24-47(4,5)25-29(28)16-33/h8-11,16-23H,12-15,24-27H2,1-7H3. The predicted octanol–water partition coefficient (Wildman–Crippen LogP) is 8.86. The van der Waals surface area contributed by atoms with Crippen LogP contribution in [0.15, 0.2) is 72.8 Å². The molecule has 0 unspecified atom stereocenters. The van der Waals surface area contributed by atoms with E-state index in [9.17, 15) is 0 Å². The molecular weight excluding hydrogens is 679 g/mol.